The van der Waals surface area contributed by atoms with Crippen LogP contribution in [-0.4, -0.2) is 4.98 Å². The summed E-state index contributed by atoms with van der Waals surface area (Å²) in [6.07, 6.45) is -3.22. The van der Waals surface area contributed by atoms with Crippen molar-refractivity contribution >= 4 is 21.6 Å². The molecule has 0 bridgehead atoms. The monoisotopic (exact) mass is 350 g/mol. The van der Waals surface area contributed by atoms with Crippen molar-refractivity contribution in [3.63, 3.8) is 0 Å². The molecule has 0 amide bonds. The maximum Gasteiger partial charge on any atom is 0.416 e. The third-order valence-corrected chi connectivity index (χ3v) is 2.75. The fraction of sp³-hybridized carbons (Fsp3) is 0.0833. The first-order valence-corrected chi connectivity index (χ1v) is 6.02. The minimum atomic E-state index is -4.51. The molecule has 20 heavy (non-hydrogen) atoms. The Bertz CT molecular complexity index is 646. The summed E-state index contributed by atoms with van der Waals surface area (Å²) >= 11 is 3.02. The lowest BCUT2D eigenvalue weighted by Gasteiger charge is -2.11. The number of benzene rings is 1. The van der Waals surface area contributed by atoms with Crippen LogP contribution in [0.5, 0.6) is 11.6 Å². The van der Waals surface area contributed by atoms with Gasteiger partial charge in [-0.15, -0.1) is 0 Å². The van der Waals surface area contributed by atoms with Crippen LogP contribution < -0.4 is 10.5 Å². The zero-order chi connectivity index (χ0) is 14.9. The van der Waals surface area contributed by atoms with E-state index in [9.17, 15) is 17.6 Å². The Morgan fingerprint density at radius 1 is 1.20 bits per heavy atom. The molecule has 0 unspecified atom stereocenters. The van der Waals surface area contributed by atoms with E-state index in [-0.39, 0.29) is 17.3 Å². The van der Waals surface area contributed by atoms with Crippen LogP contribution in [0.1, 0.15) is 5.56 Å². The second-order valence-corrected chi connectivity index (χ2v) is 4.71. The molecule has 0 fully saturated rings. The lowest BCUT2D eigenvalue weighted by atomic mass is 10.2. The first-order chi connectivity index (χ1) is 9.27. The highest BCUT2D eigenvalue weighted by atomic mass is 79.9. The summed E-state index contributed by atoms with van der Waals surface area (Å²) in [5, 5.41) is 0. The van der Waals surface area contributed by atoms with Gasteiger partial charge in [0.15, 0.2) is 11.6 Å². The van der Waals surface area contributed by atoms with Crippen LogP contribution in [-0.2, 0) is 6.18 Å². The predicted molar refractivity (Wildman–Crippen MR) is 67.8 cm³/mol. The molecule has 3 nitrogen and oxygen atoms in total. The van der Waals surface area contributed by atoms with Gasteiger partial charge >= 0.3 is 6.18 Å². The zero-order valence-corrected chi connectivity index (χ0v) is 11.3. The summed E-state index contributed by atoms with van der Waals surface area (Å²) in [6.45, 7) is 0. The van der Waals surface area contributed by atoms with E-state index in [0.29, 0.717) is 10.5 Å². The number of halogens is 5. The number of alkyl halides is 3. The molecule has 0 saturated carbocycles. The van der Waals surface area contributed by atoms with E-state index in [4.69, 9.17) is 10.5 Å². The van der Waals surface area contributed by atoms with Crippen LogP contribution in [0.4, 0.5) is 23.2 Å². The van der Waals surface area contributed by atoms with Crippen molar-refractivity contribution in [3.8, 4) is 11.6 Å². The fourth-order valence-electron chi connectivity index (χ4n) is 1.40. The van der Waals surface area contributed by atoms with Crippen molar-refractivity contribution in [1.82, 2.24) is 4.98 Å². The minimum Gasteiger partial charge on any atom is -0.434 e. The van der Waals surface area contributed by atoms with Crippen molar-refractivity contribution in [1.29, 1.82) is 0 Å². The van der Waals surface area contributed by atoms with Crippen molar-refractivity contribution in [2.24, 2.45) is 0 Å². The third-order valence-electron chi connectivity index (χ3n) is 2.32. The Hall–Kier alpha value is -1.83. The number of aromatic nitrogens is 1. The van der Waals surface area contributed by atoms with Crippen LogP contribution in [0.15, 0.2) is 34.9 Å². The maximum atomic E-state index is 13.5. The number of hydrogen-bond donors (Lipinski definition) is 1. The second-order valence-electron chi connectivity index (χ2n) is 3.79. The molecule has 2 rings (SSSR count). The summed E-state index contributed by atoms with van der Waals surface area (Å²) in [7, 11) is 0. The number of nitrogens with zero attached hydrogens (tertiary/aromatic N) is 1. The summed E-state index contributed by atoms with van der Waals surface area (Å²) in [6, 6.07) is 3.64. The maximum absolute atomic E-state index is 13.5. The number of nitrogen functional groups attached to an aromatic ring is 1. The number of pyridine rings is 1. The topological polar surface area (TPSA) is 48.1 Å². The summed E-state index contributed by atoms with van der Waals surface area (Å²) in [5.74, 6) is -1.25. The average molecular weight is 351 g/mol. The molecule has 1 aromatic heterocycles. The second kappa shape index (κ2) is 5.28. The number of rotatable bonds is 2. The molecule has 106 valence electrons. The van der Waals surface area contributed by atoms with Gasteiger partial charge in [0.2, 0.25) is 0 Å². The molecule has 2 N–H and O–H groups in total. The Balaban J connectivity index is 2.30. The van der Waals surface area contributed by atoms with Gasteiger partial charge in [-0.2, -0.15) is 13.2 Å². The zero-order valence-electron chi connectivity index (χ0n) is 9.71. The van der Waals surface area contributed by atoms with E-state index in [1.54, 1.807) is 0 Å². The molecular weight excluding hydrogens is 344 g/mol. The summed E-state index contributed by atoms with van der Waals surface area (Å²) in [5.41, 5.74) is 4.29. The third kappa shape index (κ3) is 3.19. The average Bonchev–Trinajstić information content (AvgIpc) is 2.33. The van der Waals surface area contributed by atoms with Crippen LogP contribution in [0, 0.1) is 5.82 Å². The van der Waals surface area contributed by atoms with E-state index in [1.165, 1.54) is 6.20 Å². The lowest BCUT2D eigenvalue weighted by molar-refractivity contribution is -0.137. The molecule has 0 aliphatic rings. The van der Waals surface area contributed by atoms with Crippen LogP contribution in [0.2, 0.25) is 0 Å². The Labute approximate surface area is 119 Å². The van der Waals surface area contributed by atoms with E-state index in [2.05, 4.69) is 20.9 Å². The van der Waals surface area contributed by atoms with Crippen molar-refractivity contribution in [2.45, 2.75) is 6.18 Å². The molecule has 2 aromatic rings. The molecule has 0 aliphatic carbocycles. The first-order valence-electron chi connectivity index (χ1n) is 5.23. The number of anilines is 1. The molecule has 0 atom stereocenters. The van der Waals surface area contributed by atoms with E-state index < -0.39 is 17.6 Å². The van der Waals surface area contributed by atoms with E-state index >= 15 is 0 Å². The van der Waals surface area contributed by atoms with Gasteiger partial charge in [-0.3, -0.25) is 0 Å². The summed E-state index contributed by atoms with van der Waals surface area (Å²) < 4.78 is 56.3. The molecule has 1 aromatic carbocycles. The normalized spacial score (nSPS) is 11.4. The van der Waals surface area contributed by atoms with Crippen molar-refractivity contribution in [2.75, 3.05) is 5.73 Å². The van der Waals surface area contributed by atoms with Gasteiger partial charge in [-0.25, -0.2) is 9.37 Å². The highest BCUT2D eigenvalue weighted by molar-refractivity contribution is 9.10. The van der Waals surface area contributed by atoms with Gasteiger partial charge in [0.05, 0.1) is 11.3 Å². The van der Waals surface area contributed by atoms with Gasteiger partial charge in [0, 0.05) is 10.7 Å². The molecule has 0 saturated heterocycles. The summed E-state index contributed by atoms with van der Waals surface area (Å²) in [4.78, 5) is 3.66. The highest BCUT2D eigenvalue weighted by Gasteiger charge is 2.31. The standard InChI is InChI=1S/C12H7BrF4N2O/c13-7-4-8(14)11(19-5-7)20-10-2-1-6(3-9(10)18)12(15,16)17/h1-5H,18H2. The lowest BCUT2D eigenvalue weighted by Crippen LogP contribution is -2.06. The van der Waals surface area contributed by atoms with Gasteiger partial charge < -0.3 is 10.5 Å². The molecular formula is C12H7BrF4N2O. The van der Waals surface area contributed by atoms with Crippen LogP contribution >= 0.6 is 15.9 Å². The van der Waals surface area contributed by atoms with Gasteiger partial charge in [0.25, 0.3) is 5.88 Å². The van der Waals surface area contributed by atoms with Gasteiger partial charge in [0.1, 0.15) is 0 Å². The molecule has 0 aliphatic heterocycles. The van der Waals surface area contributed by atoms with Gasteiger partial charge in [-0.05, 0) is 40.2 Å². The Morgan fingerprint density at radius 2 is 1.90 bits per heavy atom. The van der Waals surface area contributed by atoms with Crippen molar-refractivity contribution in [3.05, 3.63) is 46.3 Å². The predicted octanol–water partition coefficient (Wildman–Crippen LogP) is 4.38. The Morgan fingerprint density at radius 3 is 2.45 bits per heavy atom. The number of hydrogen-bond acceptors (Lipinski definition) is 3. The molecule has 0 spiro atoms. The van der Waals surface area contributed by atoms with E-state index in [0.717, 1.165) is 18.2 Å². The number of ether oxygens (including phenoxy) is 1. The van der Waals surface area contributed by atoms with Gasteiger partial charge in [-0.1, -0.05) is 0 Å². The molecule has 1 heterocycles. The minimum absolute atomic E-state index is 0.105. The van der Waals surface area contributed by atoms with E-state index in [1.807, 2.05) is 0 Å². The SMILES string of the molecule is Nc1cc(C(F)(F)F)ccc1Oc1ncc(Br)cc1F. The van der Waals surface area contributed by atoms with Crippen LogP contribution in [0.3, 0.4) is 0 Å². The molecule has 8 heteroatoms. The fourth-order valence-corrected chi connectivity index (χ4v) is 1.70. The quantitative estimate of drug-likeness (QED) is 0.645. The Kier molecular flexibility index (Phi) is 3.85. The molecule has 0 radical (unpaired) electrons. The highest BCUT2D eigenvalue weighted by Crippen LogP contribution is 2.35. The number of nitrogens with two attached hydrogens (primary N) is 1. The van der Waals surface area contributed by atoms with Crippen molar-refractivity contribution < 1.29 is 22.3 Å². The first kappa shape index (κ1) is 14.6. The van der Waals surface area contributed by atoms with Crippen LogP contribution in [0.25, 0.3) is 0 Å². The largest absolute Gasteiger partial charge is 0.434 e. The smallest absolute Gasteiger partial charge is 0.416 e.